The molecule has 2 aromatic rings. The molecule has 0 atom stereocenters. The average Bonchev–Trinajstić information content (AvgIpc) is 2.38. The van der Waals surface area contributed by atoms with Gasteiger partial charge in [0.2, 0.25) is 0 Å². The summed E-state index contributed by atoms with van der Waals surface area (Å²) in [4.78, 5) is -0.0733. The molecule has 20 heavy (non-hydrogen) atoms. The Kier molecular flexibility index (Phi) is 4.06. The van der Waals surface area contributed by atoms with Crippen molar-refractivity contribution >= 4 is 27.3 Å². The molecule has 0 aliphatic rings. The van der Waals surface area contributed by atoms with E-state index >= 15 is 0 Å². The number of hydrogen-bond donors (Lipinski definition) is 2. The predicted molar refractivity (Wildman–Crippen MR) is 76.9 cm³/mol. The molecule has 0 aromatic heterocycles. The normalized spacial score (nSPS) is 11.1. The third kappa shape index (κ3) is 3.15. The highest BCUT2D eigenvalue weighted by molar-refractivity contribution is 7.92. The van der Waals surface area contributed by atoms with Gasteiger partial charge in [-0.25, -0.2) is 8.42 Å². The molecule has 0 amide bonds. The highest BCUT2D eigenvalue weighted by atomic mass is 35.5. The highest BCUT2D eigenvalue weighted by Crippen LogP contribution is 2.29. The van der Waals surface area contributed by atoms with Gasteiger partial charge in [-0.2, -0.15) is 0 Å². The van der Waals surface area contributed by atoms with E-state index in [0.29, 0.717) is 0 Å². The first-order valence-electron chi connectivity index (χ1n) is 5.58. The van der Waals surface area contributed by atoms with E-state index in [1.165, 1.54) is 49.6 Å². The highest BCUT2D eigenvalue weighted by Gasteiger charge is 2.20. The fourth-order valence-electron chi connectivity index (χ4n) is 1.64. The Morgan fingerprint density at radius 2 is 1.95 bits per heavy atom. The molecule has 0 bridgehead atoms. The van der Waals surface area contributed by atoms with Crippen LogP contribution in [0.2, 0.25) is 5.02 Å². The summed E-state index contributed by atoms with van der Waals surface area (Å²) < 4.78 is 32.0. The summed E-state index contributed by atoms with van der Waals surface area (Å²) in [6.45, 7) is 0. The lowest BCUT2D eigenvalue weighted by Crippen LogP contribution is -2.14. The van der Waals surface area contributed by atoms with Crippen LogP contribution in [0, 0.1) is 0 Å². The van der Waals surface area contributed by atoms with E-state index in [2.05, 4.69) is 4.72 Å². The molecule has 106 valence electrons. The summed E-state index contributed by atoms with van der Waals surface area (Å²) >= 11 is 5.82. The van der Waals surface area contributed by atoms with Crippen molar-refractivity contribution in [2.45, 2.75) is 4.90 Å². The molecule has 0 aliphatic heterocycles. The van der Waals surface area contributed by atoms with Crippen molar-refractivity contribution in [2.24, 2.45) is 0 Å². The molecule has 5 nitrogen and oxygen atoms in total. The van der Waals surface area contributed by atoms with E-state index < -0.39 is 10.0 Å². The second-order valence-corrected chi connectivity index (χ2v) is 6.04. The van der Waals surface area contributed by atoms with E-state index in [0.717, 1.165) is 0 Å². The number of anilines is 1. The quantitative estimate of drug-likeness (QED) is 0.910. The summed E-state index contributed by atoms with van der Waals surface area (Å²) in [5.74, 6) is 0.144. The zero-order valence-electron chi connectivity index (χ0n) is 10.5. The van der Waals surface area contributed by atoms with Crippen LogP contribution >= 0.6 is 11.6 Å². The van der Waals surface area contributed by atoms with E-state index in [4.69, 9.17) is 16.3 Å². The maximum absolute atomic E-state index is 12.3. The van der Waals surface area contributed by atoms with Crippen LogP contribution in [0.25, 0.3) is 0 Å². The number of ether oxygens (including phenoxy) is 1. The Bertz CT molecular complexity index is 731. The molecule has 0 saturated carbocycles. The largest absolute Gasteiger partial charge is 0.508 e. The van der Waals surface area contributed by atoms with Crippen LogP contribution in [0.15, 0.2) is 47.4 Å². The van der Waals surface area contributed by atoms with Crippen molar-refractivity contribution < 1.29 is 18.3 Å². The summed E-state index contributed by atoms with van der Waals surface area (Å²) in [5, 5.41) is 9.62. The maximum Gasteiger partial charge on any atom is 0.265 e. The number of hydrogen-bond acceptors (Lipinski definition) is 4. The molecule has 0 radical (unpaired) electrons. The van der Waals surface area contributed by atoms with Crippen LogP contribution < -0.4 is 9.46 Å². The number of aromatic hydroxyl groups is 1. The zero-order valence-corrected chi connectivity index (χ0v) is 12.1. The van der Waals surface area contributed by atoms with Crippen molar-refractivity contribution in [1.82, 2.24) is 0 Å². The molecule has 0 fully saturated rings. The average molecular weight is 314 g/mol. The lowest BCUT2D eigenvalue weighted by atomic mass is 10.3. The Balaban J connectivity index is 2.43. The summed E-state index contributed by atoms with van der Waals surface area (Å²) in [6.07, 6.45) is 0. The number of methoxy groups -OCH3 is 1. The van der Waals surface area contributed by atoms with Crippen LogP contribution in [0.3, 0.4) is 0 Å². The molecular weight excluding hydrogens is 302 g/mol. The maximum atomic E-state index is 12.3. The fourth-order valence-corrected chi connectivity index (χ4v) is 3.12. The van der Waals surface area contributed by atoms with Crippen LogP contribution in [0.5, 0.6) is 11.5 Å². The van der Waals surface area contributed by atoms with Crippen LogP contribution in [0.4, 0.5) is 5.69 Å². The lowest BCUT2D eigenvalue weighted by Gasteiger charge is -2.12. The van der Waals surface area contributed by atoms with E-state index in [9.17, 15) is 13.5 Å². The van der Waals surface area contributed by atoms with Gasteiger partial charge >= 0.3 is 0 Å². The van der Waals surface area contributed by atoms with Crippen LogP contribution in [-0.4, -0.2) is 20.6 Å². The minimum atomic E-state index is -3.87. The van der Waals surface area contributed by atoms with Gasteiger partial charge in [0.05, 0.1) is 12.8 Å². The molecule has 0 aliphatic carbocycles. The van der Waals surface area contributed by atoms with Crippen molar-refractivity contribution in [3.63, 3.8) is 0 Å². The minimum absolute atomic E-state index is 0.0386. The van der Waals surface area contributed by atoms with Gasteiger partial charge in [0.15, 0.2) is 0 Å². The Labute approximate surface area is 121 Å². The van der Waals surface area contributed by atoms with Crippen LogP contribution in [0.1, 0.15) is 0 Å². The minimum Gasteiger partial charge on any atom is -0.508 e. The fraction of sp³-hybridized carbons (Fsp3) is 0.0769. The van der Waals surface area contributed by atoms with Gasteiger partial charge in [0, 0.05) is 11.1 Å². The van der Waals surface area contributed by atoms with Crippen LogP contribution in [-0.2, 0) is 10.0 Å². The van der Waals surface area contributed by atoms with Crippen molar-refractivity contribution in [1.29, 1.82) is 0 Å². The molecule has 0 spiro atoms. The van der Waals surface area contributed by atoms with Gasteiger partial charge in [0.25, 0.3) is 10.0 Å². The number of phenolic OH excluding ortho intramolecular Hbond substituents is 1. The molecule has 7 heteroatoms. The van der Waals surface area contributed by atoms with Gasteiger partial charge < -0.3 is 9.84 Å². The monoisotopic (exact) mass is 313 g/mol. The van der Waals surface area contributed by atoms with Crippen molar-refractivity contribution in [2.75, 3.05) is 11.8 Å². The van der Waals surface area contributed by atoms with Crippen molar-refractivity contribution in [3.05, 3.63) is 47.5 Å². The number of rotatable bonds is 4. The first-order valence-corrected chi connectivity index (χ1v) is 7.44. The molecule has 2 N–H and O–H groups in total. The number of phenols is 1. The number of halogens is 1. The zero-order chi connectivity index (χ0) is 14.8. The lowest BCUT2D eigenvalue weighted by molar-refractivity contribution is 0.403. The topological polar surface area (TPSA) is 75.6 Å². The second kappa shape index (κ2) is 5.60. The molecule has 0 saturated heterocycles. The van der Waals surface area contributed by atoms with E-state index in [-0.39, 0.29) is 27.1 Å². The molecule has 2 rings (SSSR count). The van der Waals surface area contributed by atoms with Gasteiger partial charge in [-0.3, -0.25) is 4.72 Å². The van der Waals surface area contributed by atoms with Gasteiger partial charge in [0.1, 0.15) is 16.4 Å². The van der Waals surface area contributed by atoms with Crippen molar-refractivity contribution in [3.8, 4) is 11.5 Å². The number of sulfonamides is 1. The first kappa shape index (κ1) is 14.5. The summed E-state index contributed by atoms with van der Waals surface area (Å²) in [6, 6.07) is 10.1. The smallest absolute Gasteiger partial charge is 0.265 e. The third-order valence-electron chi connectivity index (χ3n) is 2.51. The SMILES string of the molecule is COc1ccc(Cl)cc1S(=O)(=O)Nc1cccc(O)c1. The summed E-state index contributed by atoms with van der Waals surface area (Å²) in [7, 11) is -2.49. The second-order valence-electron chi connectivity index (χ2n) is 3.95. The Morgan fingerprint density at radius 1 is 1.20 bits per heavy atom. The van der Waals surface area contributed by atoms with Gasteiger partial charge in [-0.15, -0.1) is 0 Å². The predicted octanol–water partition coefficient (Wildman–Crippen LogP) is 2.86. The third-order valence-corrected chi connectivity index (χ3v) is 4.15. The number of benzene rings is 2. The number of nitrogens with one attached hydrogen (secondary N) is 1. The first-order chi connectivity index (χ1) is 9.42. The van der Waals surface area contributed by atoms with E-state index in [1.54, 1.807) is 0 Å². The Hall–Kier alpha value is -1.92. The molecule has 2 aromatic carbocycles. The summed E-state index contributed by atoms with van der Waals surface area (Å²) in [5.41, 5.74) is 0.243. The molecular formula is C13H12ClNO4S. The molecule has 0 heterocycles. The molecule has 0 unspecified atom stereocenters. The Morgan fingerprint density at radius 3 is 2.60 bits per heavy atom. The van der Waals surface area contributed by atoms with Gasteiger partial charge in [-0.05, 0) is 30.3 Å². The standard InChI is InChI=1S/C13H12ClNO4S/c1-19-12-6-5-9(14)7-13(12)20(17,18)15-10-3-2-4-11(16)8-10/h2-8,15-16H,1H3. The van der Waals surface area contributed by atoms with Gasteiger partial charge in [-0.1, -0.05) is 17.7 Å². The van der Waals surface area contributed by atoms with E-state index in [1.807, 2.05) is 0 Å².